The van der Waals surface area contributed by atoms with Gasteiger partial charge in [0, 0.05) is 25.5 Å². The number of hydrogen-bond acceptors (Lipinski definition) is 5. The number of likely N-dealkylation sites (N-methyl/N-ethyl adjacent to an activating group) is 1. The third-order valence-electron chi connectivity index (χ3n) is 5.36. The van der Waals surface area contributed by atoms with Crippen LogP contribution in [0.25, 0.3) is 22.3 Å². The van der Waals surface area contributed by atoms with Crippen LogP contribution in [0.4, 0.5) is 15.0 Å². The SMILES string of the molecule is Cc1ccc2c(N3CCC(N(C)C(=O)O)C3)nc(-c3c(O)cccc3F)nc2c1. The predicted molar refractivity (Wildman–Crippen MR) is 108 cm³/mol. The van der Waals surface area contributed by atoms with E-state index >= 15 is 0 Å². The molecule has 8 heteroatoms. The predicted octanol–water partition coefficient (Wildman–Crippen LogP) is 3.64. The Morgan fingerprint density at radius 2 is 2.07 bits per heavy atom. The van der Waals surface area contributed by atoms with Crippen LogP contribution >= 0.6 is 0 Å². The molecule has 150 valence electrons. The zero-order valence-electron chi connectivity index (χ0n) is 16.1. The monoisotopic (exact) mass is 396 g/mol. The maximum atomic E-state index is 14.5. The van der Waals surface area contributed by atoms with Gasteiger partial charge in [0.15, 0.2) is 5.82 Å². The van der Waals surface area contributed by atoms with Crippen molar-refractivity contribution in [2.45, 2.75) is 19.4 Å². The smallest absolute Gasteiger partial charge is 0.407 e. The number of phenols is 1. The van der Waals surface area contributed by atoms with E-state index < -0.39 is 11.9 Å². The molecular weight excluding hydrogens is 375 g/mol. The van der Waals surface area contributed by atoms with Crippen molar-refractivity contribution in [2.24, 2.45) is 0 Å². The average molecular weight is 396 g/mol. The van der Waals surface area contributed by atoms with Gasteiger partial charge in [-0.25, -0.2) is 19.2 Å². The van der Waals surface area contributed by atoms with Crippen molar-refractivity contribution in [3.05, 3.63) is 47.8 Å². The van der Waals surface area contributed by atoms with Crippen LogP contribution in [0.3, 0.4) is 0 Å². The van der Waals surface area contributed by atoms with Crippen LogP contribution in [0.1, 0.15) is 12.0 Å². The minimum absolute atomic E-state index is 0.0458. The van der Waals surface area contributed by atoms with Gasteiger partial charge < -0.3 is 20.0 Å². The molecule has 2 heterocycles. The first-order valence-corrected chi connectivity index (χ1v) is 9.32. The van der Waals surface area contributed by atoms with Crippen molar-refractivity contribution < 1.29 is 19.4 Å². The number of amides is 1. The molecule has 1 saturated heterocycles. The Hall–Kier alpha value is -3.42. The standard InChI is InChI=1S/C21H21FN4O3/c1-12-6-7-14-16(10-12)23-19(18-15(22)4-3-5-17(18)27)24-20(14)26-9-8-13(11-26)25(2)21(28)29/h3-7,10,13,27H,8-9,11H2,1-2H3,(H,28,29). The quantitative estimate of drug-likeness (QED) is 0.703. The van der Waals surface area contributed by atoms with Gasteiger partial charge in [-0.05, 0) is 43.2 Å². The Morgan fingerprint density at radius 1 is 1.28 bits per heavy atom. The van der Waals surface area contributed by atoms with Crippen LogP contribution in [0.15, 0.2) is 36.4 Å². The fourth-order valence-corrected chi connectivity index (χ4v) is 3.72. The third-order valence-corrected chi connectivity index (χ3v) is 5.36. The summed E-state index contributed by atoms with van der Waals surface area (Å²) in [5.74, 6) is -0.126. The Kier molecular flexibility index (Phi) is 4.70. The van der Waals surface area contributed by atoms with Gasteiger partial charge in [0.05, 0.1) is 17.1 Å². The number of fused-ring (bicyclic) bond motifs is 1. The molecule has 0 spiro atoms. The van der Waals surface area contributed by atoms with Gasteiger partial charge in [-0.1, -0.05) is 12.1 Å². The van der Waals surface area contributed by atoms with Crippen molar-refractivity contribution in [1.82, 2.24) is 14.9 Å². The number of aromatic hydroxyl groups is 1. The summed E-state index contributed by atoms with van der Waals surface area (Å²) >= 11 is 0. The Morgan fingerprint density at radius 3 is 2.79 bits per heavy atom. The molecule has 7 nitrogen and oxygen atoms in total. The molecule has 3 aromatic rings. The summed E-state index contributed by atoms with van der Waals surface area (Å²) in [6, 6.07) is 9.67. The number of carboxylic acid groups (broad SMARTS) is 1. The third kappa shape index (κ3) is 3.41. The number of hydrogen-bond donors (Lipinski definition) is 2. The van der Waals surface area contributed by atoms with Crippen molar-refractivity contribution in [3.8, 4) is 17.1 Å². The Labute approximate surface area is 167 Å². The van der Waals surface area contributed by atoms with Crippen LogP contribution in [-0.4, -0.2) is 57.4 Å². The van der Waals surface area contributed by atoms with Gasteiger partial charge in [-0.3, -0.25) is 0 Å². The van der Waals surface area contributed by atoms with Crippen molar-refractivity contribution >= 4 is 22.8 Å². The van der Waals surface area contributed by atoms with Gasteiger partial charge in [0.2, 0.25) is 0 Å². The van der Waals surface area contributed by atoms with Crippen LogP contribution in [0.2, 0.25) is 0 Å². The summed E-state index contributed by atoms with van der Waals surface area (Å²) in [5.41, 5.74) is 1.59. The van der Waals surface area contributed by atoms with Crippen LogP contribution in [-0.2, 0) is 0 Å². The van der Waals surface area contributed by atoms with E-state index in [1.165, 1.54) is 23.1 Å². The zero-order valence-corrected chi connectivity index (χ0v) is 16.1. The number of benzene rings is 2. The highest BCUT2D eigenvalue weighted by Gasteiger charge is 2.30. The molecular formula is C21H21FN4O3. The molecule has 4 rings (SSSR count). The fourth-order valence-electron chi connectivity index (χ4n) is 3.72. The van der Waals surface area contributed by atoms with Crippen molar-refractivity contribution in [1.29, 1.82) is 0 Å². The molecule has 1 fully saturated rings. The van der Waals surface area contributed by atoms with E-state index in [1.807, 2.05) is 30.0 Å². The summed E-state index contributed by atoms with van der Waals surface area (Å²) in [7, 11) is 1.56. The Bertz CT molecular complexity index is 1080. The number of halogens is 1. The molecule has 0 saturated carbocycles. The second-order valence-electron chi connectivity index (χ2n) is 7.31. The molecule has 1 aliphatic heterocycles. The fraction of sp³-hybridized carbons (Fsp3) is 0.286. The van der Waals surface area contributed by atoms with E-state index in [0.717, 1.165) is 10.9 Å². The van der Waals surface area contributed by atoms with Crippen LogP contribution in [0.5, 0.6) is 5.75 Å². The minimum Gasteiger partial charge on any atom is -0.507 e. The van der Waals surface area contributed by atoms with Gasteiger partial charge in [0.25, 0.3) is 0 Å². The highest BCUT2D eigenvalue weighted by atomic mass is 19.1. The lowest BCUT2D eigenvalue weighted by Crippen LogP contribution is -2.38. The lowest BCUT2D eigenvalue weighted by atomic mass is 10.1. The van der Waals surface area contributed by atoms with E-state index in [-0.39, 0.29) is 23.2 Å². The maximum absolute atomic E-state index is 14.5. The van der Waals surface area contributed by atoms with Gasteiger partial charge in [0.1, 0.15) is 17.4 Å². The normalized spacial score (nSPS) is 16.4. The molecule has 1 unspecified atom stereocenters. The topological polar surface area (TPSA) is 89.8 Å². The molecule has 1 aliphatic rings. The Balaban J connectivity index is 1.84. The average Bonchev–Trinajstić information content (AvgIpc) is 3.16. The second kappa shape index (κ2) is 7.20. The molecule has 29 heavy (non-hydrogen) atoms. The van der Waals surface area contributed by atoms with Crippen molar-refractivity contribution in [3.63, 3.8) is 0 Å². The van der Waals surface area contributed by atoms with E-state index in [0.29, 0.717) is 30.8 Å². The molecule has 1 amide bonds. The van der Waals surface area contributed by atoms with E-state index in [2.05, 4.69) is 9.97 Å². The van der Waals surface area contributed by atoms with Gasteiger partial charge in [-0.15, -0.1) is 0 Å². The number of carbonyl (C=O) groups is 1. The summed E-state index contributed by atoms with van der Waals surface area (Å²) in [6.07, 6.45) is -0.308. The van der Waals surface area contributed by atoms with Crippen LogP contribution in [0, 0.1) is 12.7 Å². The summed E-state index contributed by atoms with van der Waals surface area (Å²) < 4.78 is 14.5. The summed E-state index contributed by atoms with van der Waals surface area (Å²) in [5, 5.41) is 20.3. The first-order valence-electron chi connectivity index (χ1n) is 9.32. The molecule has 0 bridgehead atoms. The van der Waals surface area contributed by atoms with E-state index in [4.69, 9.17) is 0 Å². The molecule has 0 aliphatic carbocycles. The molecule has 2 N–H and O–H groups in total. The zero-order chi connectivity index (χ0) is 20.7. The highest BCUT2D eigenvalue weighted by Crippen LogP contribution is 2.35. The van der Waals surface area contributed by atoms with Gasteiger partial charge >= 0.3 is 6.09 Å². The first kappa shape index (κ1) is 18.9. The minimum atomic E-state index is -0.975. The highest BCUT2D eigenvalue weighted by molar-refractivity contribution is 5.92. The summed E-state index contributed by atoms with van der Waals surface area (Å²) in [6.45, 7) is 3.03. The van der Waals surface area contributed by atoms with E-state index in [9.17, 15) is 19.4 Å². The summed E-state index contributed by atoms with van der Waals surface area (Å²) in [4.78, 5) is 23.7. The molecule has 2 aromatic carbocycles. The first-order chi connectivity index (χ1) is 13.8. The second-order valence-corrected chi connectivity index (χ2v) is 7.31. The molecule has 0 radical (unpaired) electrons. The maximum Gasteiger partial charge on any atom is 0.407 e. The lowest BCUT2D eigenvalue weighted by molar-refractivity contribution is 0.142. The number of anilines is 1. The number of aryl methyl sites for hydroxylation is 1. The number of phenolic OH excluding ortho intramolecular Hbond substituents is 1. The lowest BCUT2D eigenvalue weighted by Gasteiger charge is -2.23. The number of aromatic nitrogens is 2. The largest absolute Gasteiger partial charge is 0.507 e. The van der Waals surface area contributed by atoms with Gasteiger partial charge in [-0.2, -0.15) is 0 Å². The van der Waals surface area contributed by atoms with Crippen molar-refractivity contribution in [2.75, 3.05) is 25.0 Å². The number of rotatable bonds is 3. The van der Waals surface area contributed by atoms with Crippen LogP contribution < -0.4 is 4.90 Å². The van der Waals surface area contributed by atoms with E-state index in [1.54, 1.807) is 7.05 Å². The molecule has 1 atom stereocenters. The number of nitrogens with zero attached hydrogens (tertiary/aromatic N) is 4. The molecule has 1 aromatic heterocycles.